The number of thiazole rings is 2. The summed E-state index contributed by atoms with van der Waals surface area (Å²) in [6.07, 6.45) is 11.8. The summed E-state index contributed by atoms with van der Waals surface area (Å²) in [6, 6.07) is 23.2. The van der Waals surface area contributed by atoms with Crippen LogP contribution in [0.25, 0.3) is 31.8 Å². The third-order valence-corrected chi connectivity index (χ3v) is 18.4. The number of aromatic nitrogens is 5. The van der Waals surface area contributed by atoms with E-state index in [0.29, 0.717) is 48.0 Å². The summed E-state index contributed by atoms with van der Waals surface area (Å²) < 4.78 is 2.99. The van der Waals surface area contributed by atoms with Crippen molar-refractivity contribution in [1.82, 2.24) is 40.3 Å². The lowest BCUT2D eigenvalue weighted by atomic mass is 9.85. The highest BCUT2D eigenvalue weighted by molar-refractivity contribution is 7.22. The van der Waals surface area contributed by atoms with Crippen molar-refractivity contribution in [3.05, 3.63) is 129 Å². The molecule has 4 amide bonds. The van der Waals surface area contributed by atoms with Gasteiger partial charge in [-0.1, -0.05) is 138 Å². The molecule has 1 saturated heterocycles. The standard InChI is InChI=1S/C65H80N10O7S2/c1-40(44-27-29-46(30-28-44)58-42(3)66-39-83-58)67-61(79)52-36-47(76)37-74(52)62(80)59(65(5,6)7)70-55(77)26-17-15-13-11-9-8-10-12-14-16-20-34-75-43(4)56(41(2)72-75)49-31-32-54(69-57(49)63(81)82)73-35-33-45-22-21-23-48(50(45)38-73)60(78)71-64-68-51-24-18-19-25-53(51)84-64/h18-19,21-25,27-32,39-40,47,52,59,76H,8-17,20,26,33-38H2,1-7H3,(H,67,79)(H,70,77)(H,81,82)(H,68,71,78). The number of anilines is 2. The zero-order chi connectivity index (χ0) is 59.7. The van der Waals surface area contributed by atoms with Crippen molar-refractivity contribution >= 4 is 73.4 Å². The number of aliphatic hydroxyl groups is 1. The number of carboxylic acid groups (broad SMARTS) is 1. The molecule has 2 aliphatic rings. The zero-order valence-electron chi connectivity index (χ0n) is 49.5. The van der Waals surface area contributed by atoms with Crippen LogP contribution >= 0.6 is 22.7 Å². The highest BCUT2D eigenvalue weighted by Gasteiger charge is 2.45. The topological polar surface area (TPSA) is 225 Å². The van der Waals surface area contributed by atoms with E-state index in [4.69, 9.17) is 10.1 Å². The molecule has 5 N–H and O–H groups in total. The Hall–Kier alpha value is -7.35. The molecule has 0 aliphatic carbocycles. The average Bonchev–Trinajstić information content (AvgIpc) is 4.42. The molecule has 17 nitrogen and oxygen atoms in total. The molecule has 0 saturated carbocycles. The largest absolute Gasteiger partial charge is 0.476 e. The number of amides is 4. The van der Waals surface area contributed by atoms with Gasteiger partial charge >= 0.3 is 5.97 Å². The normalized spacial score (nSPS) is 15.9. The number of unbranched alkanes of at least 4 members (excludes halogenated alkanes) is 10. The molecular weight excluding hydrogens is 1100 g/mol. The summed E-state index contributed by atoms with van der Waals surface area (Å²) in [6.45, 7) is 15.3. The van der Waals surface area contributed by atoms with Crippen molar-refractivity contribution in [3.8, 4) is 21.6 Å². The van der Waals surface area contributed by atoms with Gasteiger partial charge in [-0.15, -0.1) is 11.3 Å². The molecule has 1 fully saturated rings. The van der Waals surface area contributed by atoms with E-state index in [1.54, 1.807) is 11.3 Å². The number of hydrogen-bond donors (Lipinski definition) is 5. The van der Waals surface area contributed by atoms with E-state index in [9.17, 15) is 34.2 Å². The van der Waals surface area contributed by atoms with E-state index in [0.717, 1.165) is 131 Å². The summed E-state index contributed by atoms with van der Waals surface area (Å²) in [5.41, 5.74) is 10.5. The van der Waals surface area contributed by atoms with Crippen LogP contribution in [0, 0.1) is 26.2 Å². The Bertz CT molecular complexity index is 3440. The Morgan fingerprint density at radius 3 is 2.18 bits per heavy atom. The van der Waals surface area contributed by atoms with E-state index >= 15 is 0 Å². The maximum absolute atomic E-state index is 14.2. The summed E-state index contributed by atoms with van der Waals surface area (Å²) >= 11 is 3.01. The molecule has 4 atom stereocenters. The van der Waals surface area contributed by atoms with Crippen molar-refractivity contribution in [2.24, 2.45) is 5.41 Å². The number of rotatable bonds is 25. The van der Waals surface area contributed by atoms with Crippen LogP contribution in [0.5, 0.6) is 0 Å². The van der Waals surface area contributed by atoms with Gasteiger partial charge < -0.3 is 30.6 Å². The molecule has 19 heteroatoms. The van der Waals surface area contributed by atoms with E-state index in [1.807, 2.05) is 142 Å². The Morgan fingerprint density at radius 2 is 1.50 bits per heavy atom. The highest BCUT2D eigenvalue weighted by atomic mass is 32.1. The smallest absolute Gasteiger partial charge is 0.355 e. The van der Waals surface area contributed by atoms with Gasteiger partial charge in [-0.2, -0.15) is 5.10 Å². The minimum Gasteiger partial charge on any atom is -0.476 e. The Morgan fingerprint density at radius 1 is 0.798 bits per heavy atom. The maximum Gasteiger partial charge on any atom is 0.355 e. The van der Waals surface area contributed by atoms with E-state index < -0.39 is 29.6 Å². The number of nitrogens with one attached hydrogen (secondary N) is 3. The number of β-amino-alcohol motifs (C(OH)–C–C–N with tert-alkyl or cyclic N) is 1. The molecule has 4 aromatic heterocycles. The number of likely N-dealkylation sites (tertiary alicyclic amines) is 1. The number of carbonyl (C=O) groups is 5. The van der Waals surface area contributed by atoms with Crippen LogP contribution in [0.15, 0.2) is 84.4 Å². The van der Waals surface area contributed by atoms with Crippen LogP contribution in [-0.4, -0.2) is 101 Å². The molecule has 2 aliphatic heterocycles. The number of benzene rings is 3. The maximum atomic E-state index is 14.2. The van der Waals surface area contributed by atoms with Crippen LogP contribution in [0.1, 0.15) is 172 Å². The Kier molecular flexibility index (Phi) is 20.1. The third kappa shape index (κ3) is 14.8. The first kappa shape index (κ1) is 61.2. The molecule has 0 bridgehead atoms. The summed E-state index contributed by atoms with van der Waals surface area (Å²) in [7, 11) is 0. The van der Waals surface area contributed by atoms with Gasteiger partial charge in [0.1, 0.15) is 17.9 Å². The van der Waals surface area contributed by atoms with Crippen molar-refractivity contribution in [3.63, 3.8) is 0 Å². The molecule has 6 heterocycles. The highest BCUT2D eigenvalue weighted by Crippen LogP contribution is 2.35. The van der Waals surface area contributed by atoms with Gasteiger partial charge in [-0.3, -0.25) is 29.2 Å². The fourth-order valence-corrected chi connectivity index (χ4v) is 13.4. The van der Waals surface area contributed by atoms with Gasteiger partial charge in [-0.05, 0) is 105 Å². The van der Waals surface area contributed by atoms with Gasteiger partial charge in [-0.25, -0.2) is 19.7 Å². The Balaban J connectivity index is 0.664. The van der Waals surface area contributed by atoms with Crippen LogP contribution in [-0.2, 0) is 33.9 Å². The number of aliphatic hydroxyl groups excluding tert-OH is 1. The quantitative estimate of drug-likeness (QED) is 0.0337. The van der Waals surface area contributed by atoms with Gasteiger partial charge in [0.15, 0.2) is 10.8 Å². The first-order valence-corrected chi connectivity index (χ1v) is 31.4. The number of fused-ring (bicyclic) bond motifs is 2. The molecule has 3 aromatic carbocycles. The van der Waals surface area contributed by atoms with E-state index in [1.165, 1.54) is 22.7 Å². The van der Waals surface area contributed by atoms with Gasteiger partial charge in [0, 0.05) is 61.4 Å². The predicted octanol–water partition coefficient (Wildman–Crippen LogP) is 12.2. The molecule has 0 radical (unpaired) electrons. The number of hydrogen-bond acceptors (Lipinski definition) is 13. The van der Waals surface area contributed by atoms with Crippen LogP contribution in [0.4, 0.5) is 10.9 Å². The fraction of sp³-hybridized carbons (Fsp3) is 0.462. The summed E-state index contributed by atoms with van der Waals surface area (Å²) in [5, 5.41) is 35.7. The first-order valence-electron chi connectivity index (χ1n) is 29.7. The number of aryl methyl sites for hydroxylation is 3. The number of carbonyl (C=O) groups excluding carboxylic acids is 4. The SMILES string of the molecule is Cc1ncsc1-c1ccc(C(C)NC(=O)C2CC(O)CN2C(=O)C(NC(=O)CCCCCCCCCCCCCn2nc(C)c(-c3ccc(N4CCc5cccc(C(=O)Nc6nc7ccccc7s6)c5C4)nc3C(=O)O)c2C)C(C)(C)C)cc1. The molecule has 0 spiro atoms. The number of carboxylic acids is 1. The number of pyridine rings is 1. The lowest BCUT2D eigenvalue weighted by molar-refractivity contribution is -0.144. The minimum absolute atomic E-state index is 0.0256. The van der Waals surface area contributed by atoms with Crippen molar-refractivity contribution in [1.29, 1.82) is 0 Å². The second kappa shape index (κ2) is 27.6. The number of para-hydroxylation sites is 1. The average molecular weight is 1180 g/mol. The van der Waals surface area contributed by atoms with Crippen molar-refractivity contribution < 1.29 is 34.2 Å². The molecule has 9 rings (SSSR count). The van der Waals surface area contributed by atoms with E-state index in [2.05, 4.69) is 25.9 Å². The van der Waals surface area contributed by atoms with Gasteiger partial charge in [0.2, 0.25) is 17.7 Å². The number of nitrogens with zero attached hydrogens (tertiary/aromatic N) is 7. The zero-order valence-corrected chi connectivity index (χ0v) is 51.1. The second-order valence-corrected chi connectivity index (χ2v) is 25.6. The van der Waals surface area contributed by atoms with E-state index in [-0.39, 0.29) is 48.3 Å². The van der Waals surface area contributed by atoms with Gasteiger partial charge in [0.05, 0.1) is 44.1 Å². The van der Waals surface area contributed by atoms with Crippen molar-refractivity contribution in [2.75, 3.05) is 23.3 Å². The second-order valence-electron chi connectivity index (χ2n) is 23.7. The predicted molar refractivity (Wildman–Crippen MR) is 332 cm³/mol. The van der Waals surface area contributed by atoms with Crippen molar-refractivity contribution in [2.45, 2.75) is 176 Å². The summed E-state index contributed by atoms with van der Waals surface area (Å²) in [4.78, 5) is 86.0. The first-order chi connectivity index (χ1) is 40.3. The Labute approximate surface area is 500 Å². The summed E-state index contributed by atoms with van der Waals surface area (Å²) in [5.74, 6) is -1.69. The van der Waals surface area contributed by atoms with Crippen LogP contribution in [0.2, 0.25) is 0 Å². The van der Waals surface area contributed by atoms with Crippen LogP contribution in [0.3, 0.4) is 0 Å². The lowest BCUT2D eigenvalue weighted by Gasteiger charge is -2.35. The van der Waals surface area contributed by atoms with Gasteiger partial charge in [0.25, 0.3) is 5.91 Å². The molecule has 84 heavy (non-hydrogen) atoms. The third-order valence-electron chi connectivity index (χ3n) is 16.4. The molecule has 7 aromatic rings. The van der Waals surface area contributed by atoms with Crippen LogP contribution < -0.4 is 20.9 Å². The number of aromatic carboxylic acids is 1. The monoisotopic (exact) mass is 1180 g/mol. The molecule has 444 valence electrons. The molecular formula is C65H80N10O7S2. The lowest BCUT2D eigenvalue weighted by Crippen LogP contribution is -2.57. The fourth-order valence-electron chi connectivity index (χ4n) is 11.8. The molecule has 4 unspecified atom stereocenters. The minimum atomic E-state index is -1.11.